The molecule has 1 N–H and O–H groups in total. The normalized spacial score (nSPS) is 32.5. The highest BCUT2D eigenvalue weighted by atomic mass is 16.5. The maximum Gasteiger partial charge on any atom is 0.303 e. The molecule has 2 saturated heterocycles. The summed E-state index contributed by atoms with van der Waals surface area (Å²) >= 11 is 0. The fourth-order valence-electron chi connectivity index (χ4n) is 4.05. The van der Waals surface area contributed by atoms with Crippen LogP contribution in [0.25, 0.3) is 0 Å². The minimum Gasteiger partial charge on any atom is -0.481 e. The second-order valence-corrected chi connectivity index (χ2v) is 6.81. The number of aromatic nitrogens is 2. The Labute approximate surface area is 123 Å². The fraction of sp³-hybridized carbons (Fsp3) is 0.800. The van der Waals surface area contributed by atoms with Crippen LogP contribution >= 0.6 is 0 Å². The van der Waals surface area contributed by atoms with E-state index < -0.39 is 5.97 Å². The van der Waals surface area contributed by atoms with Gasteiger partial charge in [-0.25, -0.2) is 0 Å². The van der Waals surface area contributed by atoms with E-state index in [2.05, 4.69) is 15.0 Å². The van der Waals surface area contributed by atoms with E-state index in [4.69, 9.17) is 9.63 Å². The molecule has 2 aliphatic heterocycles. The van der Waals surface area contributed by atoms with Crippen LogP contribution in [0, 0.1) is 5.92 Å². The van der Waals surface area contributed by atoms with Crippen LogP contribution < -0.4 is 0 Å². The van der Waals surface area contributed by atoms with Gasteiger partial charge < -0.3 is 9.63 Å². The molecule has 4 rings (SSSR count). The highest BCUT2D eigenvalue weighted by molar-refractivity contribution is 5.67. The molecule has 1 aromatic heterocycles. The molecule has 3 fully saturated rings. The van der Waals surface area contributed by atoms with Gasteiger partial charge in [0.2, 0.25) is 5.89 Å². The van der Waals surface area contributed by atoms with Crippen molar-refractivity contribution in [3.05, 3.63) is 11.7 Å². The second kappa shape index (κ2) is 5.09. The minimum atomic E-state index is -0.668. The van der Waals surface area contributed by atoms with E-state index in [0.29, 0.717) is 30.3 Å². The lowest BCUT2D eigenvalue weighted by Crippen LogP contribution is -2.42. The summed E-state index contributed by atoms with van der Waals surface area (Å²) in [5.41, 5.74) is 0. The largest absolute Gasteiger partial charge is 0.481 e. The van der Waals surface area contributed by atoms with Gasteiger partial charge in [-0.1, -0.05) is 5.16 Å². The van der Waals surface area contributed by atoms with Crippen LogP contribution in [0.4, 0.5) is 0 Å². The van der Waals surface area contributed by atoms with Crippen LogP contribution in [0.5, 0.6) is 0 Å². The van der Waals surface area contributed by atoms with E-state index in [1.165, 1.54) is 25.7 Å². The first-order valence-electron chi connectivity index (χ1n) is 7.99. The summed E-state index contributed by atoms with van der Waals surface area (Å²) in [6.07, 6.45) is 7.01. The minimum absolute atomic E-state index is 0.313. The molecule has 21 heavy (non-hydrogen) atoms. The fourth-order valence-corrected chi connectivity index (χ4v) is 4.05. The Hall–Kier alpha value is -1.43. The number of piperidine rings is 1. The Kier molecular flexibility index (Phi) is 3.21. The van der Waals surface area contributed by atoms with Crippen LogP contribution in [-0.2, 0) is 11.3 Å². The highest BCUT2D eigenvalue weighted by Gasteiger charge is 2.41. The van der Waals surface area contributed by atoms with Gasteiger partial charge in [0.15, 0.2) is 5.82 Å². The molecule has 0 amide bonds. The van der Waals surface area contributed by atoms with E-state index >= 15 is 0 Å². The van der Waals surface area contributed by atoms with Gasteiger partial charge in [-0.3, -0.25) is 9.69 Å². The lowest BCUT2D eigenvalue weighted by atomic mass is 9.88. The van der Waals surface area contributed by atoms with E-state index in [1.807, 2.05) is 0 Å². The van der Waals surface area contributed by atoms with E-state index in [9.17, 15) is 4.79 Å². The van der Waals surface area contributed by atoms with E-state index in [-0.39, 0.29) is 0 Å². The Bertz CT molecular complexity index is 526. The van der Waals surface area contributed by atoms with Gasteiger partial charge >= 0.3 is 5.97 Å². The predicted octanol–water partition coefficient (Wildman–Crippen LogP) is 2.16. The molecular formula is C15H21N3O3. The molecule has 1 aromatic rings. The SMILES string of the molecule is O=C(O)CC1CC2CCC(C1)N2Cc1nc(C2CC2)no1. The number of carboxylic acid groups (broad SMARTS) is 1. The van der Waals surface area contributed by atoms with Crippen molar-refractivity contribution in [1.82, 2.24) is 15.0 Å². The summed E-state index contributed by atoms with van der Waals surface area (Å²) in [7, 11) is 0. The van der Waals surface area contributed by atoms with Crippen molar-refractivity contribution in [2.45, 2.75) is 69.5 Å². The van der Waals surface area contributed by atoms with Crippen LogP contribution in [0.2, 0.25) is 0 Å². The Morgan fingerprint density at radius 1 is 1.24 bits per heavy atom. The van der Waals surface area contributed by atoms with Gasteiger partial charge in [0.05, 0.1) is 6.54 Å². The van der Waals surface area contributed by atoms with Gasteiger partial charge in [-0.05, 0) is 44.4 Å². The monoisotopic (exact) mass is 291 g/mol. The number of carbonyl (C=O) groups is 1. The van der Waals surface area contributed by atoms with Gasteiger partial charge in [-0.2, -0.15) is 4.98 Å². The molecule has 6 nitrogen and oxygen atoms in total. The summed E-state index contributed by atoms with van der Waals surface area (Å²) in [4.78, 5) is 17.9. The number of carboxylic acids is 1. The molecule has 0 spiro atoms. The van der Waals surface area contributed by atoms with Crippen molar-refractivity contribution in [2.24, 2.45) is 5.92 Å². The van der Waals surface area contributed by atoms with Crippen molar-refractivity contribution in [1.29, 1.82) is 0 Å². The first-order chi connectivity index (χ1) is 10.2. The lowest BCUT2D eigenvalue weighted by Gasteiger charge is -2.37. The van der Waals surface area contributed by atoms with Gasteiger partial charge in [0.25, 0.3) is 0 Å². The van der Waals surface area contributed by atoms with Crippen molar-refractivity contribution in [3.63, 3.8) is 0 Å². The third-order valence-electron chi connectivity index (χ3n) is 5.19. The van der Waals surface area contributed by atoms with Crippen molar-refractivity contribution < 1.29 is 14.4 Å². The summed E-state index contributed by atoms with van der Waals surface area (Å²) in [5.74, 6) is 1.80. The third-order valence-corrected chi connectivity index (χ3v) is 5.19. The number of rotatable bonds is 5. The van der Waals surface area contributed by atoms with Crippen LogP contribution in [-0.4, -0.2) is 38.2 Å². The molecule has 2 unspecified atom stereocenters. The first-order valence-corrected chi connectivity index (χ1v) is 7.99. The maximum absolute atomic E-state index is 10.9. The number of aliphatic carboxylic acids is 1. The van der Waals surface area contributed by atoms with Gasteiger partial charge in [0.1, 0.15) is 0 Å². The average Bonchev–Trinajstić information content (AvgIpc) is 3.14. The molecule has 0 aromatic carbocycles. The molecule has 1 aliphatic carbocycles. The quantitative estimate of drug-likeness (QED) is 0.895. The number of nitrogens with zero attached hydrogens (tertiary/aromatic N) is 3. The Balaban J connectivity index is 1.40. The molecule has 2 bridgehead atoms. The topological polar surface area (TPSA) is 79.5 Å². The van der Waals surface area contributed by atoms with Crippen molar-refractivity contribution in [3.8, 4) is 0 Å². The van der Waals surface area contributed by atoms with Crippen molar-refractivity contribution >= 4 is 5.97 Å². The molecular weight excluding hydrogens is 270 g/mol. The highest BCUT2D eigenvalue weighted by Crippen LogP contribution is 2.41. The molecule has 1 saturated carbocycles. The number of hydrogen-bond donors (Lipinski definition) is 1. The van der Waals surface area contributed by atoms with Gasteiger partial charge in [-0.15, -0.1) is 0 Å². The summed E-state index contributed by atoms with van der Waals surface area (Å²) in [6, 6.07) is 0.980. The molecule has 3 aliphatic rings. The molecule has 2 atom stereocenters. The predicted molar refractivity (Wildman–Crippen MR) is 73.6 cm³/mol. The Morgan fingerprint density at radius 2 is 1.95 bits per heavy atom. The standard InChI is InChI=1S/C15H21N3O3/c19-14(20)7-9-5-11-3-4-12(6-9)18(11)8-13-16-15(17-21-13)10-1-2-10/h9-12H,1-8H2,(H,19,20). The Morgan fingerprint density at radius 3 is 2.57 bits per heavy atom. The molecule has 3 heterocycles. The van der Waals surface area contributed by atoms with Crippen LogP contribution in [0.3, 0.4) is 0 Å². The lowest BCUT2D eigenvalue weighted by molar-refractivity contribution is -0.138. The zero-order valence-electron chi connectivity index (χ0n) is 12.1. The number of fused-ring (bicyclic) bond motifs is 2. The zero-order valence-corrected chi connectivity index (χ0v) is 12.1. The maximum atomic E-state index is 10.9. The van der Waals surface area contributed by atoms with E-state index in [0.717, 1.165) is 31.1 Å². The molecule has 114 valence electrons. The number of hydrogen-bond acceptors (Lipinski definition) is 5. The molecule has 6 heteroatoms. The van der Waals surface area contributed by atoms with Crippen molar-refractivity contribution in [2.75, 3.05) is 0 Å². The first kappa shape index (κ1) is 13.2. The zero-order chi connectivity index (χ0) is 14.4. The summed E-state index contributed by atoms with van der Waals surface area (Å²) < 4.78 is 5.39. The third kappa shape index (κ3) is 2.69. The van der Waals surface area contributed by atoms with E-state index in [1.54, 1.807) is 0 Å². The summed E-state index contributed by atoms with van der Waals surface area (Å²) in [6.45, 7) is 0.731. The molecule has 0 radical (unpaired) electrons. The smallest absolute Gasteiger partial charge is 0.303 e. The summed E-state index contributed by atoms with van der Waals surface area (Å²) in [5, 5.41) is 13.1. The average molecular weight is 291 g/mol. The second-order valence-electron chi connectivity index (χ2n) is 6.81. The van der Waals surface area contributed by atoms with Crippen LogP contribution in [0.1, 0.15) is 62.6 Å². The van der Waals surface area contributed by atoms with Gasteiger partial charge in [0, 0.05) is 24.4 Å². The van der Waals surface area contributed by atoms with Crippen LogP contribution in [0.15, 0.2) is 4.52 Å².